The van der Waals surface area contributed by atoms with E-state index in [2.05, 4.69) is 11.8 Å². The zero-order chi connectivity index (χ0) is 19.9. The van der Waals surface area contributed by atoms with Crippen molar-refractivity contribution in [3.05, 3.63) is 59.4 Å². The van der Waals surface area contributed by atoms with E-state index in [1.54, 1.807) is 12.1 Å². The maximum absolute atomic E-state index is 13.8. The van der Waals surface area contributed by atoms with Crippen LogP contribution in [0.2, 0.25) is 0 Å². The van der Waals surface area contributed by atoms with E-state index in [0.717, 1.165) is 37.9 Å². The first-order valence-electron chi connectivity index (χ1n) is 9.99. The van der Waals surface area contributed by atoms with Crippen LogP contribution in [0.25, 0.3) is 0 Å². The van der Waals surface area contributed by atoms with Crippen LogP contribution >= 0.6 is 0 Å². The van der Waals surface area contributed by atoms with Crippen LogP contribution in [0.3, 0.4) is 0 Å². The molecule has 2 heterocycles. The van der Waals surface area contributed by atoms with Crippen molar-refractivity contribution < 1.29 is 14.3 Å². The molecule has 2 aliphatic rings. The number of likely N-dealkylation sites (tertiary alicyclic amines) is 1. The van der Waals surface area contributed by atoms with Gasteiger partial charge >= 0.3 is 0 Å². The van der Waals surface area contributed by atoms with Gasteiger partial charge in [0.05, 0.1) is 5.54 Å². The van der Waals surface area contributed by atoms with E-state index >= 15 is 0 Å². The summed E-state index contributed by atoms with van der Waals surface area (Å²) in [6, 6.07) is 12.5. The summed E-state index contributed by atoms with van der Waals surface area (Å²) in [6.45, 7) is 5.83. The van der Waals surface area contributed by atoms with Gasteiger partial charge in [0, 0.05) is 31.2 Å². The number of rotatable bonds is 3. The monoisotopic (exact) mass is 382 g/mol. The fraction of sp³-hybridized carbons (Fsp3) is 0.435. The second-order valence-corrected chi connectivity index (χ2v) is 8.33. The number of carbonyl (C=O) groups excluding carboxylic acids is 1. The number of phenolic OH excluding ortho intramolecular Hbond substituents is 1. The molecule has 0 unspecified atom stereocenters. The summed E-state index contributed by atoms with van der Waals surface area (Å²) in [5.41, 5.74) is 2.53. The van der Waals surface area contributed by atoms with Crippen molar-refractivity contribution in [3.63, 3.8) is 0 Å². The molecule has 0 bridgehead atoms. The molecule has 2 aromatic rings. The van der Waals surface area contributed by atoms with Crippen LogP contribution in [0.15, 0.2) is 42.5 Å². The van der Waals surface area contributed by atoms with Gasteiger partial charge in [-0.3, -0.25) is 9.69 Å². The molecule has 2 saturated heterocycles. The Hall–Kier alpha value is -2.40. The van der Waals surface area contributed by atoms with E-state index in [-0.39, 0.29) is 17.3 Å². The molecule has 28 heavy (non-hydrogen) atoms. The van der Waals surface area contributed by atoms with Crippen molar-refractivity contribution in [2.24, 2.45) is 0 Å². The highest BCUT2D eigenvalue weighted by atomic mass is 19.1. The van der Waals surface area contributed by atoms with Gasteiger partial charge in [0.2, 0.25) is 5.91 Å². The first-order chi connectivity index (χ1) is 13.4. The highest BCUT2D eigenvalue weighted by Crippen LogP contribution is 2.44. The normalized spacial score (nSPS) is 25.6. The van der Waals surface area contributed by atoms with Crippen molar-refractivity contribution in [1.29, 1.82) is 0 Å². The fourth-order valence-electron chi connectivity index (χ4n) is 4.93. The number of hydrogen-bond acceptors (Lipinski definition) is 3. The maximum atomic E-state index is 13.8. The average Bonchev–Trinajstić information content (AvgIpc) is 2.96. The van der Waals surface area contributed by atoms with Crippen LogP contribution in [0.1, 0.15) is 43.7 Å². The Morgan fingerprint density at radius 3 is 2.75 bits per heavy atom. The molecule has 148 valence electrons. The molecule has 4 rings (SSSR count). The van der Waals surface area contributed by atoms with Gasteiger partial charge in [0.15, 0.2) is 0 Å². The van der Waals surface area contributed by atoms with Crippen LogP contribution in [0.5, 0.6) is 5.75 Å². The second kappa shape index (κ2) is 7.21. The van der Waals surface area contributed by atoms with Crippen LogP contribution in [0.4, 0.5) is 10.1 Å². The number of piperidine rings is 1. The molecule has 0 radical (unpaired) electrons. The third kappa shape index (κ3) is 3.39. The molecule has 4 nitrogen and oxygen atoms in total. The highest BCUT2D eigenvalue weighted by molar-refractivity contribution is 5.97. The minimum atomic E-state index is -0.305. The van der Waals surface area contributed by atoms with Gasteiger partial charge in [-0.25, -0.2) is 4.39 Å². The van der Waals surface area contributed by atoms with E-state index in [9.17, 15) is 14.3 Å². The summed E-state index contributed by atoms with van der Waals surface area (Å²) in [4.78, 5) is 17.0. The van der Waals surface area contributed by atoms with Crippen molar-refractivity contribution in [2.75, 3.05) is 11.4 Å². The molecule has 0 aliphatic carbocycles. The molecule has 0 saturated carbocycles. The zero-order valence-electron chi connectivity index (χ0n) is 16.5. The number of phenols is 1. The molecule has 1 spiro atoms. The van der Waals surface area contributed by atoms with Crippen molar-refractivity contribution in [2.45, 2.75) is 57.7 Å². The largest absolute Gasteiger partial charge is 0.508 e. The van der Waals surface area contributed by atoms with Crippen molar-refractivity contribution in [1.82, 2.24) is 4.90 Å². The molecular formula is C23H27FN2O2. The number of benzene rings is 2. The minimum Gasteiger partial charge on any atom is -0.508 e. The van der Waals surface area contributed by atoms with Crippen LogP contribution in [-0.4, -0.2) is 34.0 Å². The lowest BCUT2D eigenvalue weighted by Gasteiger charge is -2.48. The van der Waals surface area contributed by atoms with E-state index in [0.29, 0.717) is 23.9 Å². The Morgan fingerprint density at radius 2 is 2.04 bits per heavy atom. The molecule has 2 aliphatic heterocycles. The average molecular weight is 382 g/mol. The lowest BCUT2D eigenvalue weighted by molar-refractivity contribution is -0.117. The fourth-order valence-corrected chi connectivity index (χ4v) is 4.93. The summed E-state index contributed by atoms with van der Waals surface area (Å²) in [5.74, 6) is 0.116. The number of carbonyl (C=O) groups is 1. The molecule has 5 heteroatoms. The molecule has 2 aromatic carbocycles. The van der Waals surface area contributed by atoms with Gasteiger partial charge in [0.25, 0.3) is 0 Å². The number of anilines is 1. The molecule has 0 aromatic heterocycles. The smallest absolute Gasteiger partial charge is 0.227 e. The number of aromatic hydroxyl groups is 1. The molecule has 1 amide bonds. The summed E-state index contributed by atoms with van der Waals surface area (Å²) >= 11 is 0. The van der Waals surface area contributed by atoms with Crippen LogP contribution < -0.4 is 4.90 Å². The Morgan fingerprint density at radius 1 is 1.21 bits per heavy atom. The Balaban J connectivity index is 1.53. The van der Waals surface area contributed by atoms with E-state index in [1.165, 1.54) is 17.7 Å². The number of amides is 1. The SMILES string of the molecule is Cc1cc(CN2CC[C@@]3(CCC(=O)N3c3cccc(F)c3)C[C@H]2C)ccc1O. The predicted octanol–water partition coefficient (Wildman–Crippen LogP) is 4.39. The van der Waals surface area contributed by atoms with Gasteiger partial charge in [-0.1, -0.05) is 18.2 Å². The van der Waals surface area contributed by atoms with Crippen molar-refractivity contribution in [3.8, 4) is 5.75 Å². The molecule has 2 fully saturated rings. The Bertz CT molecular complexity index is 900. The standard InChI is InChI=1S/C23H27FN2O2/c1-16-12-18(6-7-21(16)27)15-25-11-10-23(14-17(25)2)9-8-22(28)26(23)20-5-3-4-19(24)13-20/h3-7,12-13,17,27H,8-11,14-15H2,1-2H3/t17-,23+/m1/s1. The lowest BCUT2D eigenvalue weighted by Crippen LogP contribution is -2.56. The van der Waals surface area contributed by atoms with Gasteiger partial charge < -0.3 is 10.0 Å². The number of nitrogens with zero attached hydrogens (tertiary/aromatic N) is 2. The van der Waals surface area contributed by atoms with Gasteiger partial charge in [-0.05, 0) is 68.5 Å². The van der Waals surface area contributed by atoms with Crippen LogP contribution in [0, 0.1) is 12.7 Å². The summed E-state index contributed by atoms with van der Waals surface area (Å²) in [6.07, 6.45) is 3.13. The maximum Gasteiger partial charge on any atom is 0.227 e. The first kappa shape index (κ1) is 18.9. The van der Waals surface area contributed by atoms with Gasteiger partial charge in [0.1, 0.15) is 11.6 Å². The lowest BCUT2D eigenvalue weighted by atomic mass is 9.81. The zero-order valence-corrected chi connectivity index (χ0v) is 16.5. The minimum absolute atomic E-state index is 0.0976. The highest BCUT2D eigenvalue weighted by Gasteiger charge is 2.49. The number of hydrogen-bond donors (Lipinski definition) is 1. The van der Waals surface area contributed by atoms with E-state index < -0.39 is 0 Å². The summed E-state index contributed by atoms with van der Waals surface area (Å²) in [7, 11) is 0. The third-order valence-electron chi connectivity index (χ3n) is 6.40. The Kier molecular flexibility index (Phi) is 4.88. The number of halogens is 1. The molecule has 1 N–H and O–H groups in total. The van der Waals surface area contributed by atoms with E-state index in [4.69, 9.17) is 0 Å². The number of aryl methyl sites for hydroxylation is 1. The topological polar surface area (TPSA) is 43.8 Å². The van der Waals surface area contributed by atoms with Crippen LogP contribution in [-0.2, 0) is 11.3 Å². The quantitative estimate of drug-likeness (QED) is 0.856. The Labute approximate surface area is 165 Å². The first-order valence-corrected chi connectivity index (χ1v) is 9.99. The van der Waals surface area contributed by atoms with E-state index in [1.807, 2.05) is 30.0 Å². The van der Waals surface area contributed by atoms with Crippen molar-refractivity contribution >= 4 is 11.6 Å². The summed E-state index contributed by atoms with van der Waals surface area (Å²) in [5, 5.41) is 9.74. The van der Waals surface area contributed by atoms with Gasteiger partial charge in [-0.2, -0.15) is 0 Å². The molecular weight excluding hydrogens is 355 g/mol. The van der Waals surface area contributed by atoms with Gasteiger partial charge in [-0.15, -0.1) is 0 Å². The summed E-state index contributed by atoms with van der Waals surface area (Å²) < 4.78 is 13.8. The third-order valence-corrected chi connectivity index (χ3v) is 6.40. The predicted molar refractivity (Wildman–Crippen MR) is 108 cm³/mol. The second-order valence-electron chi connectivity index (χ2n) is 8.33. The molecule has 2 atom stereocenters.